The van der Waals surface area contributed by atoms with Crippen LogP contribution in [0, 0.1) is 17.8 Å². The number of piperidine rings is 1. The highest BCUT2D eigenvalue weighted by Gasteiger charge is 2.45. The number of fused-ring (bicyclic) bond motifs is 1. The Morgan fingerprint density at radius 3 is 2.63 bits per heavy atom. The third-order valence-electron chi connectivity index (χ3n) is 8.28. The van der Waals surface area contributed by atoms with E-state index in [1.807, 2.05) is 6.92 Å². The van der Waals surface area contributed by atoms with Gasteiger partial charge in [-0.05, 0) is 45.1 Å². The van der Waals surface area contributed by atoms with Crippen LogP contribution in [0.25, 0.3) is 5.78 Å². The van der Waals surface area contributed by atoms with Crippen LogP contribution < -0.4 is 10.6 Å². The van der Waals surface area contributed by atoms with Gasteiger partial charge in [-0.15, -0.1) is 0 Å². The van der Waals surface area contributed by atoms with Crippen molar-refractivity contribution < 1.29 is 36.6 Å². The summed E-state index contributed by atoms with van der Waals surface area (Å²) in [4.78, 5) is 34.6. The number of aliphatic hydroxyl groups excluding tert-OH is 1. The SMILES string of the molecule is CCn1nccc1C(=O)N[C@H](c1cn2nc(C[C@H]3C[C@@H](C(F)(F)F)CNC3=O)c(C(C)O)nc2n1)C1CCC(F)(F)CC1. The zero-order chi connectivity index (χ0) is 31.1. The lowest BCUT2D eigenvalue weighted by molar-refractivity contribution is -0.183. The monoisotopic (exact) mass is 612 g/mol. The molecule has 11 nitrogen and oxygen atoms in total. The van der Waals surface area contributed by atoms with Crippen molar-refractivity contribution in [1.29, 1.82) is 0 Å². The van der Waals surface area contributed by atoms with Crippen LogP contribution in [-0.4, -0.2) is 64.9 Å². The molecule has 2 aliphatic rings. The first-order chi connectivity index (χ1) is 20.3. The van der Waals surface area contributed by atoms with E-state index < -0.39 is 60.9 Å². The van der Waals surface area contributed by atoms with E-state index in [0.717, 1.165) is 0 Å². The average Bonchev–Trinajstić information content (AvgIpc) is 3.58. The van der Waals surface area contributed by atoms with E-state index in [1.54, 1.807) is 6.07 Å². The molecular weight excluding hydrogens is 579 g/mol. The third-order valence-corrected chi connectivity index (χ3v) is 8.28. The van der Waals surface area contributed by atoms with Crippen LogP contribution in [0.4, 0.5) is 22.0 Å². The van der Waals surface area contributed by atoms with E-state index in [4.69, 9.17) is 0 Å². The molecule has 43 heavy (non-hydrogen) atoms. The second-order valence-electron chi connectivity index (χ2n) is 11.3. The van der Waals surface area contributed by atoms with Crippen LogP contribution in [0.5, 0.6) is 0 Å². The molecule has 2 amide bonds. The summed E-state index contributed by atoms with van der Waals surface area (Å²) in [5.41, 5.74) is 0.762. The number of aliphatic hydroxyl groups is 1. The molecule has 5 rings (SSSR count). The van der Waals surface area contributed by atoms with Crippen molar-refractivity contribution in [2.24, 2.45) is 17.8 Å². The van der Waals surface area contributed by atoms with Gasteiger partial charge in [-0.3, -0.25) is 14.3 Å². The zero-order valence-corrected chi connectivity index (χ0v) is 23.6. The summed E-state index contributed by atoms with van der Waals surface area (Å²) >= 11 is 0. The van der Waals surface area contributed by atoms with Crippen LogP contribution in [0.2, 0.25) is 0 Å². The number of aromatic nitrogens is 6. The Morgan fingerprint density at radius 1 is 1.26 bits per heavy atom. The van der Waals surface area contributed by atoms with Gasteiger partial charge < -0.3 is 15.7 Å². The summed E-state index contributed by atoms with van der Waals surface area (Å²) in [5.74, 6) is -6.92. The quantitative estimate of drug-likeness (QED) is 0.331. The number of imidazole rings is 1. The molecule has 1 saturated carbocycles. The van der Waals surface area contributed by atoms with Crippen LogP contribution in [0.3, 0.4) is 0 Å². The van der Waals surface area contributed by atoms with Crippen molar-refractivity contribution in [3.05, 3.63) is 41.2 Å². The maximum absolute atomic E-state index is 14.0. The lowest BCUT2D eigenvalue weighted by Crippen LogP contribution is -2.47. The van der Waals surface area contributed by atoms with Crippen LogP contribution >= 0.6 is 0 Å². The van der Waals surface area contributed by atoms with Crippen molar-refractivity contribution in [3.8, 4) is 0 Å². The zero-order valence-electron chi connectivity index (χ0n) is 23.6. The minimum Gasteiger partial charge on any atom is -0.387 e. The van der Waals surface area contributed by atoms with Crippen LogP contribution in [-0.2, 0) is 17.8 Å². The van der Waals surface area contributed by atoms with Crippen molar-refractivity contribution in [3.63, 3.8) is 0 Å². The van der Waals surface area contributed by atoms with E-state index in [1.165, 1.54) is 28.5 Å². The predicted molar refractivity (Wildman–Crippen MR) is 141 cm³/mol. The third kappa shape index (κ3) is 6.63. The van der Waals surface area contributed by atoms with Gasteiger partial charge in [-0.1, -0.05) is 0 Å². The minimum atomic E-state index is -4.48. The molecule has 0 spiro atoms. The largest absolute Gasteiger partial charge is 0.393 e. The van der Waals surface area contributed by atoms with Crippen molar-refractivity contribution in [2.45, 2.75) is 83.2 Å². The maximum Gasteiger partial charge on any atom is 0.393 e. The molecule has 4 atom stereocenters. The summed E-state index contributed by atoms with van der Waals surface area (Å²) in [6.45, 7) is 3.17. The molecule has 234 valence electrons. The Morgan fingerprint density at radius 2 is 1.98 bits per heavy atom. The highest BCUT2D eigenvalue weighted by atomic mass is 19.4. The predicted octanol–water partition coefficient (Wildman–Crippen LogP) is 3.55. The van der Waals surface area contributed by atoms with E-state index in [9.17, 15) is 36.6 Å². The Balaban J connectivity index is 1.48. The number of halogens is 5. The van der Waals surface area contributed by atoms with Gasteiger partial charge >= 0.3 is 6.18 Å². The molecule has 0 bridgehead atoms. The van der Waals surface area contributed by atoms with Crippen LogP contribution in [0.1, 0.15) is 85.7 Å². The van der Waals surface area contributed by atoms with E-state index in [2.05, 4.69) is 30.8 Å². The summed E-state index contributed by atoms with van der Waals surface area (Å²) < 4.78 is 71.0. The van der Waals surface area contributed by atoms with Crippen LogP contribution in [0.15, 0.2) is 18.5 Å². The van der Waals surface area contributed by atoms with Crippen molar-refractivity contribution in [2.75, 3.05) is 6.54 Å². The van der Waals surface area contributed by atoms with Gasteiger partial charge in [-0.25, -0.2) is 23.3 Å². The second kappa shape index (κ2) is 11.8. The average molecular weight is 613 g/mol. The fourth-order valence-corrected chi connectivity index (χ4v) is 5.89. The number of hydrogen-bond donors (Lipinski definition) is 3. The number of nitrogens with zero attached hydrogens (tertiary/aromatic N) is 6. The van der Waals surface area contributed by atoms with Gasteiger partial charge in [0, 0.05) is 44.5 Å². The van der Waals surface area contributed by atoms with Gasteiger partial charge in [0.25, 0.3) is 11.7 Å². The normalized spacial score (nSPS) is 22.7. The number of hydrogen-bond acceptors (Lipinski definition) is 7. The van der Waals surface area contributed by atoms with Crippen molar-refractivity contribution in [1.82, 2.24) is 40.0 Å². The van der Waals surface area contributed by atoms with Crippen molar-refractivity contribution >= 4 is 17.6 Å². The lowest BCUT2D eigenvalue weighted by atomic mass is 9.81. The van der Waals surface area contributed by atoms with Gasteiger partial charge in [0.2, 0.25) is 11.8 Å². The molecule has 1 aliphatic carbocycles. The number of carbonyl (C=O) groups is 2. The standard InChI is InChI=1S/C27H33F5N8O3/c1-3-39-20(6-9-34-39)24(43)36-22(15-4-7-26(28,29)8-5-15)19-13-40-25(35-19)37-21(14(2)41)18(38-40)11-16-10-17(27(30,31)32)12-33-23(16)42/h6,9,13-17,22,41H,3-5,7-8,10-12H2,1-2H3,(H,33,42)(H,36,43)/t14?,16-,17-,22+/m1/s1. The van der Waals surface area contributed by atoms with Gasteiger partial charge in [0.15, 0.2) is 0 Å². The molecule has 16 heteroatoms. The maximum atomic E-state index is 14.0. The Kier molecular flexibility index (Phi) is 8.42. The molecule has 4 heterocycles. The van der Waals surface area contributed by atoms with E-state index in [-0.39, 0.29) is 60.9 Å². The first-order valence-corrected chi connectivity index (χ1v) is 14.2. The highest BCUT2D eigenvalue weighted by molar-refractivity contribution is 5.92. The number of nitrogens with one attached hydrogen (secondary N) is 2. The highest BCUT2D eigenvalue weighted by Crippen LogP contribution is 2.41. The first kappa shape index (κ1) is 30.8. The number of alkyl halides is 5. The number of carbonyl (C=O) groups excluding carboxylic acids is 2. The molecule has 3 aromatic heterocycles. The molecule has 1 unspecified atom stereocenters. The first-order valence-electron chi connectivity index (χ1n) is 14.2. The fraction of sp³-hybridized carbons (Fsp3) is 0.630. The van der Waals surface area contributed by atoms with Gasteiger partial charge in [0.1, 0.15) is 5.69 Å². The lowest BCUT2D eigenvalue weighted by Gasteiger charge is -2.33. The smallest absolute Gasteiger partial charge is 0.387 e. The summed E-state index contributed by atoms with van der Waals surface area (Å²) in [7, 11) is 0. The van der Waals surface area contributed by atoms with E-state index in [0.29, 0.717) is 12.2 Å². The number of aryl methyl sites for hydroxylation is 1. The minimum absolute atomic E-state index is 0.0369. The van der Waals surface area contributed by atoms with Gasteiger partial charge in [-0.2, -0.15) is 23.4 Å². The van der Waals surface area contributed by atoms with E-state index >= 15 is 0 Å². The second-order valence-corrected chi connectivity index (χ2v) is 11.3. The molecule has 0 radical (unpaired) electrons. The molecular formula is C27H33F5N8O3. The van der Waals surface area contributed by atoms with Gasteiger partial charge in [0.05, 0.1) is 41.3 Å². The molecule has 3 N–H and O–H groups in total. The number of rotatable bonds is 8. The molecule has 2 fully saturated rings. The Hall–Kier alpha value is -3.69. The summed E-state index contributed by atoms with van der Waals surface area (Å²) in [5, 5.41) is 24.2. The summed E-state index contributed by atoms with van der Waals surface area (Å²) in [6.07, 6.45) is -3.77. The molecule has 3 aromatic rings. The molecule has 1 aliphatic heterocycles. The topological polar surface area (TPSA) is 139 Å². The summed E-state index contributed by atoms with van der Waals surface area (Å²) in [6, 6.07) is 0.756. The molecule has 1 saturated heterocycles. The fourth-order valence-electron chi connectivity index (χ4n) is 5.89. The number of amides is 2. The Bertz CT molecular complexity index is 1480. The molecule has 0 aromatic carbocycles. The Labute approximate surface area is 243 Å².